The van der Waals surface area contributed by atoms with E-state index in [0.29, 0.717) is 56.6 Å². The van der Waals surface area contributed by atoms with E-state index in [9.17, 15) is 24.0 Å². The number of epoxide rings is 1. The smallest absolute Gasteiger partial charge is 0.338 e. The van der Waals surface area contributed by atoms with Crippen molar-refractivity contribution in [3.8, 4) is 0 Å². The van der Waals surface area contributed by atoms with Crippen molar-refractivity contribution in [1.82, 2.24) is 0 Å². The van der Waals surface area contributed by atoms with Crippen molar-refractivity contribution in [2.24, 2.45) is 40.4 Å². The summed E-state index contributed by atoms with van der Waals surface area (Å²) in [7, 11) is 0. The van der Waals surface area contributed by atoms with Crippen LogP contribution in [0.2, 0.25) is 15.1 Å². The molecule has 10 nitrogen and oxygen atoms in total. The lowest BCUT2D eigenvalue weighted by Crippen LogP contribution is -2.67. The summed E-state index contributed by atoms with van der Waals surface area (Å²) in [4.78, 5) is 68.2. The van der Waals surface area contributed by atoms with Crippen molar-refractivity contribution in [3.63, 3.8) is 0 Å². The predicted molar refractivity (Wildman–Crippen MR) is 230 cm³/mol. The van der Waals surface area contributed by atoms with Crippen LogP contribution in [0.5, 0.6) is 0 Å². The summed E-state index contributed by atoms with van der Waals surface area (Å²) < 4.78 is 30.7. The molecule has 0 radical (unpaired) electrons. The Morgan fingerprint density at radius 1 is 0.790 bits per heavy atom. The van der Waals surface area contributed by atoms with E-state index in [0.717, 1.165) is 24.8 Å². The highest BCUT2D eigenvalue weighted by molar-refractivity contribution is 6.31. The van der Waals surface area contributed by atoms with Crippen LogP contribution in [0.1, 0.15) is 90.4 Å². The maximum Gasteiger partial charge on any atom is 0.338 e. The molecule has 4 fully saturated rings. The third-order valence-electron chi connectivity index (χ3n) is 15.4. The summed E-state index contributed by atoms with van der Waals surface area (Å²) >= 11 is 18.2. The zero-order valence-electron chi connectivity index (χ0n) is 34.6. The standard InChI is InChI=1S/C49H47Cl3O10/c1-26-22-39(60-46(57)35(26)24-58-43(54)28-4-10-31(50)11-5-28)27(2)36-16-17-37-34-23-42-49(62-42)41(61-45(56)30-8-14-33(52)15-9-30)19-18-40(53)48(49,38(34)20-21-47(36,37)3)25-59-44(55)29-6-12-32(51)13-7-29/h4-15,18-19,27,34,36-39,41-42H,16-17,20-25H2,1-3H3/t27-,34-,36+,37-,38-,39+,41-,42+,47+,48-,49+/m0/s1. The predicted octanol–water partition coefficient (Wildman–Crippen LogP) is 9.88. The van der Waals surface area contributed by atoms with Crippen molar-refractivity contribution in [3.05, 3.63) is 128 Å². The highest BCUT2D eigenvalue weighted by atomic mass is 35.5. The van der Waals surface area contributed by atoms with Crippen molar-refractivity contribution in [1.29, 1.82) is 0 Å². The molecule has 3 aromatic carbocycles. The third kappa shape index (κ3) is 7.09. The van der Waals surface area contributed by atoms with Gasteiger partial charge in [-0.25, -0.2) is 19.2 Å². The number of hydrogen-bond acceptors (Lipinski definition) is 10. The normalized spacial score (nSPS) is 33.5. The molecule has 2 aliphatic heterocycles. The Kier molecular flexibility index (Phi) is 11.2. The molecule has 13 heteroatoms. The van der Waals surface area contributed by atoms with Gasteiger partial charge in [-0.1, -0.05) is 54.2 Å². The van der Waals surface area contributed by atoms with Gasteiger partial charge in [-0.2, -0.15) is 0 Å². The van der Waals surface area contributed by atoms with Crippen molar-refractivity contribution < 1.29 is 47.7 Å². The number of hydrogen-bond donors (Lipinski definition) is 0. The lowest BCUT2D eigenvalue weighted by Gasteiger charge is -2.59. The molecule has 0 aromatic heterocycles. The molecule has 1 spiro atoms. The number of ketones is 1. The summed E-state index contributed by atoms with van der Waals surface area (Å²) in [6, 6.07) is 19.2. The van der Waals surface area contributed by atoms with Crippen molar-refractivity contribution in [2.75, 3.05) is 13.2 Å². The van der Waals surface area contributed by atoms with Crippen LogP contribution in [0.15, 0.2) is 96.1 Å². The molecule has 4 aliphatic carbocycles. The van der Waals surface area contributed by atoms with E-state index in [1.165, 1.54) is 6.08 Å². The van der Waals surface area contributed by atoms with E-state index < -0.39 is 47.1 Å². The molecule has 62 heavy (non-hydrogen) atoms. The van der Waals surface area contributed by atoms with E-state index >= 15 is 0 Å². The summed E-state index contributed by atoms with van der Waals surface area (Å²) in [5.41, 5.74) is -0.548. The molecule has 1 saturated heterocycles. The highest BCUT2D eigenvalue weighted by Crippen LogP contribution is 2.73. The van der Waals surface area contributed by atoms with E-state index in [-0.39, 0.29) is 60.1 Å². The van der Waals surface area contributed by atoms with E-state index in [1.54, 1.807) is 78.9 Å². The first-order chi connectivity index (χ1) is 29.7. The number of fused-ring (bicyclic) bond motifs is 4. The van der Waals surface area contributed by atoms with Gasteiger partial charge in [0.15, 0.2) is 17.5 Å². The van der Waals surface area contributed by atoms with Crippen LogP contribution >= 0.6 is 34.8 Å². The molecule has 6 aliphatic rings. The lowest BCUT2D eigenvalue weighted by molar-refractivity contribution is -0.165. The number of carbonyl (C=O) groups excluding carboxylic acids is 5. The minimum absolute atomic E-state index is 0.0173. The van der Waals surface area contributed by atoms with Crippen LogP contribution in [-0.4, -0.2) is 66.8 Å². The third-order valence-corrected chi connectivity index (χ3v) is 16.1. The molecular weight excluding hydrogens is 855 g/mol. The van der Waals surface area contributed by atoms with Gasteiger partial charge < -0.3 is 23.7 Å². The molecule has 0 amide bonds. The fourth-order valence-corrected chi connectivity index (χ4v) is 12.6. The molecule has 9 rings (SSSR count). The Labute approximate surface area is 375 Å². The van der Waals surface area contributed by atoms with Gasteiger partial charge in [0.1, 0.15) is 24.7 Å². The van der Waals surface area contributed by atoms with E-state index in [4.69, 9.17) is 58.5 Å². The van der Waals surface area contributed by atoms with Crippen LogP contribution in [0.3, 0.4) is 0 Å². The van der Waals surface area contributed by atoms with Crippen molar-refractivity contribution >= 4 is 64.5 Å². The van der Waals surface area contributed by atoms with Crippen LogP contribution < -0.4 is 0 Å². The number of carbonyl (C=O) groups is 5. The molecular formula is C49H47Cl3O10. The second-order valence-electron chi connectivity index (χ2n) is 18.2. The Bertz CT molecular complexity index is 2380. The zero-order valence-corrected chi connectivity index (χ0v) is 36.8. The summed E-state index contributed by atoms with van der Waals surface area (Å²) in [5.74, 6) is -2.16. The Morgan fingerprint density at radius 3 is 1.97 bits per heavy atom. The van der Waals surface area contributed by atoms with Gasteiger partial charge in [0.25, 0.3) is 0 Å². The van der Waals surface area contributed by atoms with Gasteiger partial charge in [0, 0.05) is 21.5 Å². The van der Waals surface area contributed by atoms with Gasteiger partial charge in [-0.15, -0.1) is 0 Å². The fraction of sp³-hybridized carbons (Fsp3) is 0.449. The number of halogens is 3. The minimum atomic E-state index is -1.32. The number of ether oxygens (including phenoxy) is 5. The first kappa shape index (κ1) is 42.8. The van der Waals surface area contributed by atoms with Crippen LogP contribution in [0.4, 0.5) is 0 Å². The van der Waals surface area contributed by atoms with Gasteiger partial charge >= 0.3 is 23.9 Å². The summed E-state index contributed by atoms with van der Waals surface area (Å²) in [6.07, 6.45) is 5.87. The SMILES string of the molecule is CC1=C(COC(=O)c2ccc(Cl)cc2)C(=O)O[C@@H]([C@@H](C)[C@H]2CC[C@H]3[C@@H]4C[C@H]5O[C@]56[C@@H](OC(=O)c5ccc(Cl)cc5)C=CC(=O)[C@]6(COC(=O)c5ccc(Cl)cc5)[C@H]4CC[C@]23C)C1. The number of cyclic esters (lactones) is 1. The summed E-state index contributed by atoms with van der Waals surface area (Å²) in [5, 5.41) is 1.46. The van der Waals surface area contributed by atoms with Crippen LogP contribution in [0, 0.1) is 40.4 Å². The number of allylic oxidation sites excluding steroid dienone is 1. The van der Waals surface area contributed by atoms with Gasteiger partial charge in [-0.3, -0.25) is 4.79 Å². The molecule has 2 heterocycles. The average Bonchev–Trinajstić information content (AvgIpc) is 3.88. The monoisotopic (exact) mass is 900 g/mol. The Morgan fingerprint density at radius 2 is 1.37 bits per heavy atom. The number of esters is 4. The molecule has 324 valence electrons. The lowest BCUT2D eigenvalue weighted by atomic mass is 9.44. The molecule has 3 aromatic rings. The number of benzene rings is 3. The average molecular weight is 902 g/mol. The van der Waals surface area contributed by atoms with Crippen LogP contribution in [0.25, 0.3) is 0 Å². The Hall–Kier alpha value is -4.48. The first-order valence-electron chi connectivity index (χ1n) is 21.3. The van der Waals surface area contributed by atoms with E-state index in [1.807, 2.05) is 6.92 Å². The van der Waals surface area contributed by atoms with Gasteiger partial charge in [0.2, 0.25) is 0 Å². The second kappa shape index (κ2) is 16.3. The van der Waals surface area contributed by atoms with Gasteiger partial charge in [0.05, 0.1) is 28.4 Å². The molecule has 0 unspecified atom stereocenters. The highest BCUT2D eigenvalue weighted by Gasteiger charge is 2.83. The maximum absolute atomic E-state index is 14.8. The second-order valence-corrected chi connectivity index (χ2v) is 19.5. The minimum Gasteiger partial charge on any atom is -0.461 e. The molecule has 3 saturated carbocycles. The molecule has 0 N–H and O–H groups in total. The zero-order chi connectivity index (χ0) is 43.7. The quantitative estimate of drug-likeness (QED) is 0.110. The fourth-order valence-electron chi connectivity index (χ4n) is 12.3. The van der Waals surface area contributed by atoms with Crippen LogP contribution in [-0.2, 0) is 33.3 Å². The molecule has 11 atom stereocenters. The maximum atomic E-state index is 14.8. The van der Waals surface area contributed by atoms with Crippen molar-refractivity contribution in [2.45, 2.75) is 83.2 Å². The van der Waals surface area contributed by atoms with E-state index in [2.05, 4.69) is 13.8 Å². The Balaban J connectivity index is 0.959. The number of rotatable bonds is 10. The summed E-state index contributed by atoms with van der Waals surface area (Å²) in [6.45, 7) is 5.99. The van der Waals surface area contributed by atoms with Gasteiger partial charge in [-0.05, 0) is 159 Å². The molecule has 0 bridgehead atoms. The largest absolute Gasteiger partial charge is 0.461 e. The topological polar surface area (TPSA) is 135 Å². The first-order valence-corrected chi connectivity index (χ1v) is 22.4.